The van der Waals surface area contributed by atoms with Gasteiger partial charge in [0.15, 0.2) is 0 Å². The average Bonchev–Trinajstić information content (AvgIpc) is 2.77. The number of para-hydroxylation sites is 1. The summed E-state index contributed by atoms with van der Waals surface area (Å²) in [6.45, 7) is 4.08. The van der Waals surface area contributed by atoms with Crippen molar-refractivity contribution >= 4 is 11.6 Å². The molecule has 25 heavy (non-hydrogen) atoms. The number of anilines is 1. The Labute approximate surface area is 147 Å². The molecule has 2 aromatic carbocycles. The summed E-state index contributed by atoms with van der Waals surface area (Å²) in [6.07, 6.45) is 0. The summed E-state index contributed by atoms with van der Waals surface area (Å²) < 4.78 is 13.1. The van der Waals surface area contributed by atoms with E-state index in [1.165, 1.54) is 23.4 Å². The monoisotopic (exact) mass is 339 g/mol. The first-order valence-corrected chi connectivity index (χ1v) is 8.70. The van der Waals surface area contributed by atoms with Crippen molar-refractivity contribution in [3.63, 3.8) is 0 Å². The molecule has 4 rings (SSSR count). The van der Waals surface area contributed by atoms with Gasteiger partial charge in [0, 0.05) is 57.1 Å². The average molecular weight is 339 g/mol. The zero-order valence-corrected chi connectivity index (χ0v) is 14.4. The Morgan fingerprint density at radius 2 is 1.80 bits per heavy atom. The quantitative estimate of drug-likeness (QED) is 0.799. The molecular formula is C20H22FN3O. The highest BCUT2D eigenvalue weighted by atomic mass is 19.1. The molecule has 4 nitrogen and oxygen atoms in total. The van der Waals surface area contributed by atoms with E-state index in [-0.39, 0.29) is 11.7 Å². The first kappa shape index (κ1) is 16.1. The van der Waals surface area contributed by atoms with Crippen LogP contribution >= 0.6 is 0 Å². The number of benzene rings is 2. The van der Waals surface area contributed by atoms with Gasteiger partial charge >= 0.3 is 0 Å². The number of carbonyl (C=O) groups is 1. The van der Waals surface area contributed by atoms with E-state index < -0.39 is 0 Å². The number of rotatable bonds is 1. The molecule has 1 atom stereocenters. The van der Waals surface area contributed by atoms with Crippen molar-refractivity contribution in [3.8, 4) is 0 Å². The van der Waals surface area contributed by atoms with Crippen LogP contribution in [-0.2, 0) is 6.54 Å². The van der Waals surface area contributed by atoms with Crippen LogP contribution in [0.5, 0.6) is 0 Å². The summed E-state index contributed by atoms with van der Waals surface area (Å²) >= 11 is 0. The highest BCUT2D eigenvalue weighted by molar-refractivity contribution is 5.94. The molecular weight excluding hydrogens is 317 g/mol. The van der Waals surface area contributed by atoms with Crippen LogP contribution in [0.15, 0.2) is 48.5 Å². The van der Waals surface area contributed by atoms with Gasteiger partial charge < -0.3 is 9.80 Å². The fraction of sp³-hybridized carbons (Fsp3) is 0.350. The largest absolute Gasteiger partial charge is 0.373 e. The highest BCUT2D eigenvalue weighted by Crippen LogP contribution is 2.28. The van der Waals surface area contributed by atoms with E-state index in [1.54, 1.807) is 12.1 Å². The van der Waals surface area contributed by atoms with Gasteiger partial charge in [-0.05, 0) is 35.9 Å². The summed E-state index contributed by atoms with van der Waals surface area (Å²) in [5.41, 5.74) is 3.17. The third-order valence-electron chi connectivity index (χ3n) is 5.24. The van der Waals surface area contributed by atoms with Crippen LogP contribution in [0.25, 0.3) is 0 Å². The van der Waals surface area contributed by atoms with Crippen LogP contribution in [-0.4, -0.2) is 55.0 Å². The van der Waals surface area contributed by atoms with E-state index in [0.717, 1.165) is 19.6 Å². The molecule has 0 spiro atoms. The lowest BCUT2D eigenvalue weighted by atomic mass is 10.1. The Bertz CT molecular complexity index is 777. The third-order valence-corrected chi connectivity index (χ3v) is 5.24. The van der Waals surface area contributed by atoms with Gasteiger partial charge in [0.25, 0.3) is 5.91 Å². The molecule has 0 aromatic heterocycles. The molecule has 0 saturated carbocycles. The van der Waals surface area contributed by atoms with Crippen LogP contribution in [0.2, 0.25) is 0 Å². The fourth-order valence-electron chi connectivity index (χ4n) is 3.88. The van der Waals surface area contributed by atoms with E-state index >= 15 is 0 Å². The van der Waals surface area contributed by atoms with Crippen molar-refractivity contribution in [3.05, 3.63) is 65.5 Å². The number of hydrogen-bond acceptors (Lipinski definition) is 3. The molecule has 0 N–H and O–H groups in total. The first-order chi connectivity index (χ1) is 12.1. The predicted octanol–water partition coefficient (Wildman–Crippen LogP) is 2.60. The first-order valence-electron chi connectivity index (χ1n) is 8.70. The molecule has 0 radical (unpaired) electrons. The Balaban J connectivity index is 1.52. The van der Waals surface area contributed by atoms with Crippen molar-refractivity contribution in [1.29, 1.82) is 0 Å². The molecule has 1 saturated heterocycles. The molecule has 0 aliphatic carbocycles. The highest BCUT2D eigenvalue weighted by Gasteiger charge is 2.33. The molecule has 2 heterocycles. The number of fused-ring (bicyclic) bond motifs is 2. The maximum Gasteiger partial charge on any atom is 0.253 e. The van der Waals surface area contributed by atoms with Gasteiger partial charge in [-0.3, -0.25) is 9.69 Å². The number of amides is 1. The smallest absolute Gasteiger partial charge is 0.253 e. The summed E-state index contributed by atoms with van der Waals surface area (Å²) in [5.74, 6) is -0.325. The van der Waals surface area contributed by atoms with E-state index in [4.69, 9.17) is 0 Å². The standard InChI is InChI=1S/C20H22FN3O/c1-22-13-18-14-24(20(25)15-6-8-17(21)9-7-15)11-10-23(18)12-16-4-2-3-5-19(16)22/h2-9,18H,10-14H2,1H3. The molecule has 1 fully saturated rings. The number of likely N-dealkylation sites (N-methyl/N-ethyl adjacent to an activating group) is 1. The van der Waals surface area contributed by atoms with Gasteiger partial charge in [0.1, 0.15) is 5.82 Å². The van der Waals surface area contributed by atoms with Gasteiger partial charge in [-0.1, -0.05) is 18.2 Å². The molecule has 0 bridgehead atoms. The second kappa shape index (κ2) is 6.48. The summed E-state index contributed by atoms with van der Waals surface area (Å²) in [7, 11) is 2.11. The van der Waals surface area contributed by atoms with Crippen molar-refractivity contribution in [2.45, 2.75) is 12.6 Å². The zero-order chi connectivity index (χ0) is 17.4. The molecule has 2 aliphatic heterocycles. The lowest BCUT2D eigenvalue weighted by molar-refractivity contribution is 0.0485. The lowest BCUT2D eigenvalue weighted by Gasteiger charge is -2.41. The predicted molar refractivity (Wildman–Crippen MR) is 96.2 cm³/mol. The minimum absolute atomic E-state index is 0.0101. The SMILES string of the molecule is CN1CC2CN(C(=O)c3ccc(F)cc3)CCN2Cc2ccccc21. The second-order valence-electron chi connectivity index (χ2n) is 6.89. The molecule has 130 valence electrons. The Morgan fingerprint density at radius 1 is 1.04 bits per heavy atom. The van der Waals surface area contributed by atoms with Gasteiger partial charge in [-0.2, -0.15) is 0 Å². The van der Waals surface area contributed by atoms with Crippen LogP contribution in [0, 0.1) is 5.82 Å². The van der Waals surface area contributed by atoms with Crippen molar-refractivity contribution in [1.82, 2.24) is 9.80 Å². The number of nitrogens with zero attached hydrogens (tertiary/aromatic N) is 3. The minimum Gasteiger partial charge on any atom is -0.373 e. The summed E-state index contributed by atoms with van der Waals surface area (Å²) in [6, 6.07) is 14.6. The van der Waals surface area contributed by atoms with Gasteiger partial charge in [0.05, 0.1) is 0 Å². The number of carbonyl (C=O) groups excluding carboxylic acids is 1. The lowest BCUT2D eigenvalue weighted by Crippen LogP contribution is -2.56. The molecule has 2 aromatic rings. The molecule has 1 unspecified atom stereocenters. The zero-order valence-electron chi connectivity index (χ0n) is 14.4. The van der Waals surface area contributed by atoms with Crippen molar-refractivity contribution < 1.29 is 9.18 Å². The number of halogens is 1. The normalized spacial score (nSPS) is 20.6. The van der Waals surface area contributed by atoms with Crippen LogP contribution in [0.3, 0.4) is 0 Å². The molecule has 2 aliphatic rings. The molecule has 5 heteroatoms. The van der Waals surface area contributed by atoms with E-state index in [1.807, 2.05) is 4.90 Å². The fourth-order valence-corrected chi connectivity index (χ4v) is 3.88. The van der Waals surface area contributed by atoms with E-state index in [2.05, 4.69) is 41.1 Å². The van der Waals surface area contributed by atoms with Crippen LogP contribution < -0.4 is 4.90 Å². The summed E-state index contributed by atoms with van der Waals surface area (Å²) in [4.78, 5) is 19.4. The third kappa shape index (κ3) is 3.12. The Kier molecular flexibility index (Phi) is 4.17. The van der Waals surface area contributed by atoms with Gasteiger partial charge in [-0.25, -0.2) is 4.39 Å². The maximum atomic E-state index is 13.1. The van der Waals surface area contributed by atoms with Crippen LogP contribution in [0.1, 0.15) is 15.9 Å². The van der Waals surface area contributed by atoms with Crippen LogP contribution in [0.4, 0.5) is 10.1 Å². The van der Waals surface area contributed by atoms with Gasteiger partial charge in [-0.15, -0.1) is 0 Å². The van der Waals surface area contributed by atoms with Crippen molar-refractivity contribution in [2.75, 3.05) is 38.1 Å². The summed E-state index contributed by atoms with van der Waals surface area (Å²) in [5, 5.41) is 0. The van der Waals surface area contributed by atoms with E-state index in [0.29, 0.717) is 24.7 Å². The second-order valence-corrected chi connectivity index (χ2v) is 6.89. The number of piperazine rings is 1. The Hall–Kier alpha value is -2.40. The molecule has 1 amide bonds. The van der Waals surface area contributed by atoms with Gasteiger partial charge in [0.2, 0.25) is 0 Å². The minimum atomic E-state index is -0.315. The Morgan fingerprint density at radius 3 is 2.60 bits per heavy atom. The van der Waals surface area contributed by atoms with Crippen molar-refractivity contribution in [2.24, 2.45) is 0 Å². The van der Waals surface area contributed by atoms with E-state index in [9.17, 15) is 9.18 Å². The number of hydrogen-bond donors (Lipinski definition) is 0. The topological polar surface area (TPSA) is 26.8 Å². The maximum absolute atomic E-state index is 13.1.